The molecule has 0 heterocycles. The zero-order valence-electron chi connectivity index (χ0n) is 1.52. The first kappa shape index (κ1) is 15.6. The summed E-state index contributed by atoms with van der Waals surface area (Å²) in [7, 11) is 0. The maximum absolute atomic E-state index is 7.10. The average Bonchev–Trinajstić information content (AvgIpc) is 0.918. The molecule has 5 heavy (non-hydrogen) atoms. The molecule has 0 saturated heterocycles. The third-order valence-electron chi connectivity index (χ3n) is 0. The van der Waals surface area contributed by atoms with Crippen LogP contribution in [0, 0.1) is 11.5 Å². The first-order valence-corrected chi connectivity index (χ1v) is 0.512. The van der Waals surface area contributed by atoms with Crippen LogP contribution in [0.1, 0.15) is 0 Å². The molecule has 0 radical (unpaired) electrons. The van der Waals surface area contributed by atoms with E-state index in [1.807, 2.05) is 0 Å². The Labute approximate surface area is 116 Å². The van der Waals surface area contributed by atoms with Gasteiger partial charge in [-0.15, -0.1) is 0 Å². The Morgan fingerprint density at radius 1 is 1.40 bits per heavy atom. The minimum absolute atomic E-state index is 0. The van der Waals surface area contributed by atoms with Gasteiger partial charge in [-0.05, 0) is 0 Å². The van der Waals surface area contributed by atoms with Crippen molar-refractivity contribution < 1.29 is 0 Å². The van der Waals surface area contributed by atoms with E-state index in [1.54, 1.807) is 0 Å². The normalized spacial score (nSPS) is 1.40. The molecule has 0 aliphatic rings. The molecule has 2 nitrogen and oxygen atoms in total. The van der Waals surface area contributed by atoms with Gasteiger partial charge in [-0.25, -0.2) is 0 Å². The van der Waals surface area contributed by atoms with Gasteiger partial charge in [-0.3, -0.25) is 0 Å². The molecular formula is CH4K2N2. The Kier molecular flexibility index (Phi) is 50.1. The molecule has 0 unspecified atom stereocenters. The van der Waals surface area contributed by atoms with Crippen molar-refractivity contribution in [1.82, 2.24) is 0 Å². The summed E-state index contributed by atoms with van der Waals surface area (Å²) in [6.07, 6.45) is 1.25. The third-order valence-corrected chi connectivity index (χ3v) is 0. The second kappa shape index (κ2) is 16.0. The molecule has 0 aliphatic heterocycles. The molecule has 0 saturated carbocycles. The van der Waals surface area contributed by atoms with Crippen molar-refractivity contribution in [3.05, 3.63) is 0 Å². The van der Waals surface area contributed by atoms with Crippen molar-refractivity contribution in [2.24, 2.45) is 5.73 Å². The van der Waals surface area contributed by atoms with E-state index in [-0.39, 0.29) is 103 Å². The average molecular weight is 122 g/mol. The Morgan fingerprint density at radius 3 is 1.40 bits per heavy atom. The number of hydrogen-bond donors (Lipinski definition) is 1. The van der Waals surface area contributed by atoms with Gasteiger partial charge < -0.3 is 5.73 Å². The zero-order valence-corrected chi connectivity index (χ0v) is 1.52. The fourth-order valence-electron chi connectivity index (χ4n) is 0. The quantitative estimate of drug-likeness (QED) is 0.232. The van der Waals surface area contributed by atoms with Crippen LogP contribution in [0.5, 0.6) is 0 Å². The molecule has 0 spiro atoms. The van der Waals surface area contributed by atoms with Crippen molar-refractivity contribution in [1.29, 1.82) is 5.26 Å². The van der Waals surface area contributed by atoms with Gasteiger partial charge in [0, 0.05) is 0 Å². The molecule has 4 heteroatoms. The van der Waals surface area contributed by atoms with Crippen LogP contribution in [-0.2, 0) is 0 Å². The Bertz CT molecular complexity index is 29.1. The molecule has 0 aromatic rings. The standard InChI is InChI=1S/CH2N2.2K.2H/c2-1-3;;;;/h2H2;;;;. The zero-order chi connectivity index (χ0) is 2.71. The molecule has 0 amide bonds. The van der Waals surface area contributed by atoms with Crippen LogP contribution in [0.15, 0.2) is 0 Å². The molecule has 0 aromatic carbocycles. The van der Waals surface area contributed by atoms with Crippen LogP contribution in [-0.4, -0.2) is 103 Å². The van der Waals surface area contributed by atoms with Crippen molar-refractivity contribution in [3.63, 3.8) is 0 Å². The van der Waals surface area contributed by atoms with E-state index in [0.717, 1.165) is 0 Å². The van der Waals surface area contributed by atoms with E-state index in [1.165, 1.54) is 6.19 Å². The Hall–Kier alpha value is 2.56. The molecule has 0 atom stereocenters. The molecule has 20 valence electrons. The van der Waals surface area contributed by atoms with E-state index in [0.29, 0.717) is 0 Å². The van der Waals surface area contributed by atoms with E-state index >= 15 is 0 Å². The van der Waals surface area contributed by atoms with Gasteiger partial charge in [-0.2, -0.15) is 5.26 Å². The van der Waals surface area contributed by atoms with Gasteiger partial charge in [0.2, 0.25) is 0 Å². The van der Waals surface area contributed by atoms with Crippen LogP contribution in [0.3, 0.4) is 0 Å². The van der Waals surface area contributed by atoms with Crippen molar-refractivity contribution in [2.75, 3.05) is 0 Å². The number of nitriles is 1. The summed E-state index contributed by atoms with van der Waals surface area (Å²) in [6.45, 7) is 0. The summed E-state index contributed by atoms with van der Waals surface area (Å²) in [5.41, 5.74) is 4.15. The molecular weight excluding hydrogens is 118 g/mol. The van der Waals surface area contributed by atoms with Crippen LogP contribution in [0.25, 0.3) is 0 Å². The van der Waals surface area contributed by atoms with Gasteiger partial charge in [-0.1, -0.05) is 0 Å². The molecule has 0 bridgehead atoms. The van der Waals surface area contributed by atoms with Crippen molar-refractivity contribution >= 4 is 103 Å². The van der Waals surface area contributed by atoms with Gasteiger partial charge >= 0.3 is 103 Å². The first-order valence-electron chi connectivity index (χ1n) is 0.512. The summed E-state index contributed by atoms with van der Waals surface area (Å²) in [6, 6.07) is 0. The maximum atomic E-state index is 7.10. The predicted molar refractivity (Wildman–Crippen MR) is 24.1 cm³/mol. The number of rotatable bonds is 0. The molecule has 2 N–H and O–H groups in total. The van der Waals surface area contributed by atoms with Crippen LogP contribution >= 0.6 is 0 Å². The minimum atomic E-state index is 0. The number of nitrogens with two attached hydrogens (primary N) is 1. The van der Waals surface area contributed by atoms with Gasteiger partial charge in [0.05, 0.1) is 0 Å². The van der Waals surface area contributed by atoms with Crippen LogP contribution < -0.4 is 5.73 Å². The molecule has 0 fully saturated rings. The molecule has 0 rings (SSSR count). The number of nitrogens with zero attached hydrogens (tertiary/aromatic N) is 1. The molecule has 0 aromatic heterocycles. The van der Waals surface area contributed by atoms with Crippen molar-refractivity contribution in [3.8, 4) is 6.19 Å². The Balaban J connectivity index is -0.0000000200. The first-order chi connectivity index (χ1) is 1.41. The third kappa shape index (κ3) is 20.8. The topological polar surface area (TPSA) is 49.8 Å². The second-order valence-electron chi connectivity index (χ2n) is 0.129. The van der Waals surface area contributed by atoms with Gasteiger partial charge in [0.25, 0.3) is 0 Å². The monoisotopic (exact) mass is 122 g/mol. The van der Waals surface area contributed by atoms with Gasteiger partial charge in [0.1, 0.15) is 0 Å². The van der Waals surface area contributed by atoms with Crippen LogP contribution in [0.2, 0.25) is 0 Å². The summed E-state index contributed by atoms with van der Waals surface area (Å²) < 4.78 is 0. The second-order valence-corrected chi connectivity index (χ2v) is 0.129. The fraction of sp³-hybridized carbons (Fsp3) is 0. The fourth-order valence-corrected chi connectivity index (χ4v) is 0. The Morgan fingerprint density at radius 2 is 1.40 bits per heavy atom. The van der Waals surface area contributed by atoms with E-state index in [2.05, 4.69) is 5.73 Å². The van der Waals surface area contributed by atoms with Crippen LogP contribution in [0.4, 0.5) is 0 Å². The van der Waals surface area contributed by atoms with Crippen molar-refractivity contribution in [2.45, 2.75) is 0 Å². The van der Waals surface area contributed by atoms with Gasteiger partial charge in [0.15, 0.2) is 6.19 Å². The summed E-state index contributed by atoms with van der Waals surface area (Å²) >= 11 is 0. The predicted octanol–water partition coefficient (Wildman–Crippen LogP) is -1.87. The van der Waals surface area contributed by atoms with E-state index in [9.17, 15) is 0 Å². The number of hydrogen-bond acceptors (Lipinski definition) is 2. The SMILES string of the molecule is N#CN.[KH].[KH]. The van der Waals surface area contributed by atoms with E-state index < -0.39 is 0 Å². The summed E-state index contributed by atoms with van der Waals surface area (Å²) in [4.78, 5) is 0. The summed E-state index contributed by atoms with van der Waals surface area (Å²) in [5.74, 6) is 0. The van der Waals surface area contributed by atoms with E-state index in [4.69, 9.17) is 5.26 Å². The summed E-state index contributed by atoms with van der Waals surface area (Å²) in [5, 5.41) is 7.10. The molecule has 0 aliphatic carbocycles.